The van der Waals surface area contributed by atoms with Gasteiger partial charge < -0.3 is 9.88 Å². The van der Waals surface area contributed by atoms with Crippen LogP contribution in [0.1, 0.15) is 19.5 Å². The molecule has 1 N–H and O–H groups in total. The normalized spacial score (nSPS) is 10.9. The summed E-state index contributed by atoms with van der Waals surface area (Å²) in [5, 5.41) is 3.37. The molecule has 0 fully saturated rings. The number of benzene rings is 1. The van der Waals surface area contributed by atoms with Crippen molar-refractivity contribution in [2.75, 3.05) is 5.32 Å². The van der Waals surface area contributed by atoms with Gasteiger partial charge in [0.1, 0.15) is 0 Å². The van der Waals surface area contributed by atoms with E-state index in [1.165, 1.54) is 3.57 Å². The number of halogens is 1. The monoisotopic (exact) mass is 355 g/mol. The van der Waals surface area contributed by atoms with Crippen molar-refractivity contribution in [3.05, 3.63) is 39.7 Å². The molecule has 0 saturated heterocycles. The maximum absolute atomic E-state index is 4.53. The number of hydrogen-bond acceptors (Lipinski definition) is 2. The Labute approximate surface area is 122 Å². The number of hydrogen-bond donors (Lipinski definition) is 1. The van der Waals surface area contributed by atoms with Gasteiger partial charge in [0.05, 0.1) is 5.69 Å². The van der Waals surface area contributed by atoms with Crippen molar-refractivity contribution in [1.29, 1.82) is 0 Å². The van der Waals surface area contributed by atoms with Crippen LogP contribution >= 0.6 is 22.6 Å². The topological polar surface area (TPSA) is 29.9 Å². The predicted molar refractivity (Wildman–Crippen MR) is 84.2 cm³/mol. The Morgan fingerprint density at radius 3 is 2.56 bits per heavy atom. The van der Waals surface area contributed by atoms with Crippen LogP contribution in [0.25, 0.3) is 0 Å². The van der Waals surface area contributed by atoms with E-state index in [2.05, 4.69) is 81.8 Å². The van der Waals surface area contributed by atoms with Crippen LogP contribution in [0.15, 0.2) is 30.5 Å². The fraction of sp³-hybridized carbons (Fsp3) is 0.357. The molecule has 0 atom stereocenters. The molecular weight excluding hydrogens is 337 g/mol. The van der Waals surface area contributed by atoms with Gasteiger partial charge in [0.25, 0.3) is 0 Å². The molecule has 0 unspecified atom stereocenters. The number of rotatable bonds is 4. The molecule has 2 aromatic rings. The first-order valence-electron chi connectivity index (χ1n) is 6.11. The van der Waals surface area contributed by atoms with E-state index in [1.807, 2.05) is 6.92 Å². The number of nitrogens with one attached hydrogen (secondary N) is 1. The van der Waals surface area contributed by atoms with E-state index in [1.54, 1.807) is 0 Å². The number of aromatic nitrogens is 2. The van der Waals surface area contributed by atoms with Gasteiger partial charge >= 0.3 is 0 Å². The Balaban J connectivity index is 2.20. The highest BCUT2D eigenvalue weighted by Gasteiger charge is 2.07. The van der Waals surface area contributed by atoms with E-state index in [0.717, 1.165) is 23.9 Å². The van der Waals surface area contributed by atoms with Crippen molar-refractivity contribution in [2.24, 2.45) is 5.92 Å². The molecule has 0 saturated carbocycles. The Hall–Kier alpha value is -1.04. The minimum atomic E-state index is 0.607. The fourth-order valence-electron chi connectivity index (χ4n) is 1.84. The van der Waals surface area contributed by atoms with Gasteiger partial charge in [-0.1, -0.05) is 13.8 Å². The average molecular weight is 355 g/mol. The van der Waals surface area contributed by atoms with E-state index in [-0.39, 0.29) is 0 Å². The maximum atomic E-state index is 4.53. The number of aryl methyl sites for hydroxylation is 1. The third-order valence-electron chi connectivity index (χ3n) is 2.56. The highest BCUT2D eigenvalue weighted by atomic mass is 127. The highest BCUT2D eigenvalue weighted by Crippen LogP contribution is 2.18. The minimum absolute atomic E-state index is 0.607. The summed E-state index contributed by atoms with van der Waals surface area (Å²) in [6.07, 6.45) is 2.09. The average Bonchev–Trinajstić information content (AvgIpc) is 2.61. The molecule has 1 aromatic heterocycles. The van der Waals surface area contributed by atoms with Crippen LogP contribution in [-0.4, -0.2) is 9.55 Å². The molecule has 4 heteroatoms. The number of anilines is 2. The summed E-state index contributed by atoms with van der Waals surface area (Å²) in [6.45, 7) is 7.43. The van der Waals surface area contributed by atoms with Crippen molar-refractivity contribution in [3.63, 3.8) is 0 Å². The summed E-state index contributed by atoms with van der Waals surface area (Å²) >= 11 is 2.31. The lowest BCUT2D eigenvalue weighted by Crippen LogP contribution is -2.07. The summed E-state index contributed by atoms with van der Waals surface area (Å²) in [7, 11) is 0. The van der Waals surface area contributed by atoms with E-state index < -0.39 is 0 Å². The second-order valence-corrected chi connectivity index (χ2v) is 6.13. The summed E-state index contributed by atoms with van der Waals surface area (Å²) in [5.41, 5.74) is 2.12. The molecule has 96 valence electrons. The largest absolute Gasteiger partial charge is 0.326 e. The van der Waals surface area contributed by atoms with E-state index in [0.29, 0.717) is 5.92 Å². The lowest BCUT2D eigenvalue weighted by atomic mass is 10.2. The second kappa shape index (κ2) is 5.73. The lowest BCUT2D eigenvalue weighted by molar-refractivity contribution is 0.527. The van der Waals surface area contributed by atoms with Gasteiger partial charge in [-0.25, -0.2) is 4.98 Å². The van der Waals surface area contributed by atoms with Crippen molar-refractivity contribution < 1.29 is 0 Å². The van der Waals surface area contributed by atoms with Crippen molar-refractivity contribution in [1.82, 2.24) is 9.55 Å². The van der Waals surface area contributed by atoms with E-state index in [9.17, 15) is 0 Å². The first-order chi connectivity index (χ1) is 8.54. The summed E-state index contributed by atoms with van der Waals surface area (Å²) < 4.78 is 3.41. The van der Waals surface area contributed by atoms with Gasteiger partial charge in [0.15, 0.2) is 0 Å². The molecule has 3 nitrogen and oxygen atoms in total. The van der Waals surface area contributed by atoms with Gasteiger partial charge in [-0.3, -0.25) is 0 Å². The quantitative estimate of drug-likeness (QED) is 0.834. The maximum Gasteiger partial charge on any atom is 0.207 e. The molecule has 0 radical (unpaired) electrons. The minimum Gasteiger partial charge on any atom is -0.326 e. The Morgan fingerprint density at radius 1 is 1.28 bits per heavy atom. The molecule has 0 aliphatic carbocycles. The van der Waals surface area contributed by atoms with E-state index >= 15 is 0 Å². The van der Waals surface area contributed by atoms with Crippen LogP contribution in [0.4, 0.5) is 11.6 Å². The molecule has 2 rings (SSSR count). The standard InChI is InChI=1S/C14H18IN3/c1-10(2)8-18-9-11(3)16-14(18)17-13-6-4-12(15)5-7-13/h4-7,9-10H,8H2,1-3H3,(H,16,17). The zero-order valence-electron chi connectivity index (χ0n) is 10.9. The van der Waals surface area contributed by atoms with Crippen LogP contribution in [0.3, 0.4) is 0 Å². The van der Waals surface area contributed by atoms with Crippen LogP contribution in [-0.2, 0) is 6.54 Å². The van der Waals surface area contributed by atoms with Crippen LogP contribution in [0.5, 0.6) is 0 Å². The molecule has 0 aliphatic rings. The molecule has 0 bridgehead atoms. The van der Waals surface area contributed by atoms with Crippen LogP contribution in [0, 0.1) is 16.4 Å². The second-order valence-electron chi connectivity index (χ2n) is 4.88. The molecule has 18 heavy (non-hydrogen) atoms. The summed E-state index contributed by atoms with van der Waals surface area (Å²) in [4.78, 5) is 4.53. The lowest BCUT2D eigenvalue weighted by Gasteiger charge is -2.11. The Morgan fingerprint density at radius 2 is 1.94 bits per heavy atom. The summed E-state index contributed by atoms with van der Waals surface area (Å²) in [5.74, 6) is 1.53. The van der Waals surface area contributed by atoms with Gasteiger partial charge in [-0.2, -0.15) is 0 Å². The van der Waals surface area contributed by atoms with E-state index in [4.69, 9.17) is 0 Å². The third-order valence-corrected chi connectivity index (χ3v) is 3.28. The molecule has 0 aliphatic heterocycles. The molecule has 0 amide bonds. The fourth-order valence-corrected chi connectivity index (χ4v) is 2.20. The van der Waals surface area contributed by atoms with Crippen LogP contribution in [0.2, 0.25) is 0 Å². The summed E-state index contributed by atoms with van der Waals surface area (Å²) in [6, 6.07) is 8.33. The zero-order chi connectivity index (χ0) is 13.1. The molecule has 1 aromatic carbocycles. The zero-order valence-corrected chi connectivity index (χ0v) is 13.1. The van der Waals surface area contributed by atoms with Gasteiger partial charge in [0.2, 0.25) is 5.95 Å². The smallest absolute Gasteiger partial charge is 0.207 e. The molecular formula is C14H18IN3. The molecule has 0 spiro atoms. The molecule has 1 heterocycles. The van der Waals surface area contributed by atoms with Gasteiger partial charge in [0, 0.05) is 22.0 Å². The number of nitrogens with zero attached hydrogens (tertiary/aromatic N) is 2. The number of imidazole rings is 1. The SMILES string of the molecule is Cc1cn(CC(C)C)c(Nc2ccc(I)cc2)n1. The van der Waals surface area contributed by atoms with Crippen LogP contribution < -0.4 is 5.32 Å². The Bertz CT molecular complexity index is 514. The van der Waals surface area contributed by atoms with Gasteiger partial charge in [-0.15, -0.1) is 0 Å². The van der Waals surface area contributed by atoms with Crippen molar-refractivity contribution >= 4 is 34.2 Å². The Kier molecular flexibility index (Phi) is 4.27. The first kappa shape index (κ1) is 13.4. The van der Waals surface area contributed by atoms with Gasteiger partial charge in [-0.05, 0) is 59.7 Å². The first-order valence-corrected chi connectivity index (χ1v) is 7.19. The highest BCUT2D eigenvalue weighted by molar-refractivity contribution is 14.1. The van der Waals surface area contributed by atoms with Crippen molar-refractivity contribution in [3.8, 4) is 0 Å². The third kappa shape index (κ3) is 3.48. The predicted octanol–water partition coefficient (Wildman–Crippen LogP) is 4.20. The van der Waals surface area contributed by atoms with Crippen molar-refractivity contribution in [2.45, 2.75) is 27.3 Å².